The van der Waals surface area contributed by atoms with Gasteiger partial charge in [-0.1, -0.05) is 36.4 Å². The fourth-order valence-electron chi connectivity index (χ4n) is 2.23. The summed E-state index contributed by atoms with van der Waals surface area (Å²) in [5.41, 5.74) is 1.36. The SMILES string of the molecule is O=C(NCc1ccccc1)c1cccc(C(=O)NCc2ccco2)n1. The number of carbonyl (C=O) groups excluding carboxylic acids is 2. The van der Waals surface area contributed by atoms with Gasteiger partial charge in [0, 0.05) is 6.54 Å². The van der Waals surface area contributed by atoms with Crippen LogP contribution in [0, 0.1) is 0 Å². The first-order chi connectivity index (χ1) is 12.2. The second-order valence-corrected chi connectivity index (χ2v) is 5.34. The van der Waals surface area contributed by atoms with Crippen LogP contribution in [0.5, 0.6) is 0 Å². The quantitative estimate of drug-likeness (QED) is 0.725. The van der Waals surface area contributed by atoms with E-state index in [4.69, 9.17) is 4.42 Å². The van der Waals surface area contributed by atoms with Gasteiger partial charge in [0.1, 0.15) is 17.1 Å². The summed E-state index contributed by atoms with van der Waals surface area (Å²) in [5.74, 6) is -0.0521. The largest absolute Gasteiger partial charge is 0.467 e. The molecule has 2 aromatic heterocycles. The van der Waals surface area contributed by atoms with Crippen molar-refractivity contribution in [2.45, 2.75) is 13.1 Å². The summed E-state index contributed by atoms with van der Waals surface area (Å²) in [7, 11) is 0. The van der Waals surface area contributed by atoms with E-state index in [1.807, 2.05) is 30.3 Å². The molecule has 2 heterocycles. The van der Waals surface area contributed by atoms with Crippen molar-refractivity contribution in [1.29, 1.82) is 0 Å². The number of nitrogens with one attached hydrogen (secondary N) is 2. The molecule has 2 N–H and O–H groups in total. The maximum Gasteiger partial charge on any atom is 0.270 e. The topological polar surface area (TPSA) is 84.2 Å². The molecular formula is C19H17N3O3. The number of aromatic nitrogens is 1. The molecule has 2 amide bonds. The Bertz CT molecular complexity index is 845. The van der Waals surface area contributed by atoms with Gasteiger partial charge in [0.15, 0.2) is 0 Å². The minimum absolute atomic E-state index is 0.180. The zero-order valence-corrected chi connectivity index (χ0v) is 13.4. The zero-order valence-electron chi connectivity index (χ0n) is 13.4. The summed E-state index contributed by atoms with van der Waals surface area (Å²) in [6, 6.07) is 17.9. The van der Waals surface area contributed by atoms with Crippen LogP contribution in [0.1, 0.15) is 32.3 Å². The number of rotatable bonds is 6. The molecule has 126 valence electrons. The van der Waals surface area contributed by atoms with Gasteiger partial charge in [-0.2, -0.15) is 0 Å². The average molecular weight is 335 g/mol. The van der Waals surface area contributed by atoms with E-state index in [1.54, 1.807) is 30.3 Å². The number of nitrogens with zero attached hydrogens (tertiary/aromatic N) is 1. The summed E-state index contributed by atoms with van der Waals surface area (Å²) in [4.78, 5) is 28.5. The first-order valence-corrected chi connectivity index (χ1v) is 7.82. The normalized spacial score (nSPS) is 10.2. The van der Waals surface area contributed by atoms with Crippen molar-refractivity contribution in [1.82, 2.24) is 15.6 Å². The van der Waals surface area contributed by atoms with Gasteiger partial charge in [0.25, 0.3) is 11.8 Å². The van der Waals surface area contributed by atoms with Gasteiger partial charge in [-0.05, 0) is 29.8 Å². The molecule has 0 aliphatic rings. The molecule has 0 spiro atoms. The lowest BCUT2D eigenvalue weighted by atomic mass is 10.2. The third kappa shape index (κ3) is 4.54. The highest BCUT2D eigenvalue weighted by Gasteiger charge is 2.12. The standard InChI is InChI=1S/C19H17N3O3/c23-18(20-12-14-6-2-1-3-7-14)16-9-4-10-17(22-16)19(24)21-13-15-8-5-11-25-15/h1-11H,12-13H2,(H,20,23)(H,21,24). The number of amides is 2. The second-order valence-electron chi connectivity index (χ2n) is 5.34. The third-order valence-electron chi connectivity index (χ3n) is 3.51. The number of furan rings is 1. The lowest BCUT2D eigenvalue weighted by Crippen LogP contribution is -2.27. The van der Waals surface area contributed by atoms with Gasteiger partial charge in [-0.3, -0.25) is 9.59 Å². The molecule has 0 radical (unpaired) electrons. The Morgan fingerprint density at radius 1 is 0.800 bits per heavy atom. The predicted molar refractivity (Wildman–Crippen MR) is 91.7 cm³/mol. The summed E-state index contributed by atoms with van der Waals surface area (Å²) < 4.78 is 5.16. The molecule has 6 heteroatoms. The van der Waals surface area contributed by atoms with Crippen molar-refractivity contribution in [2.24, 2.45) is 0 Å². The number of carbonyl (C=O) groups is 2. The van der Waals surface area contributed by atoms with E-state index in [-0.39, 0.29) is 29.7 Å². The maximum absolute atomic E-state index is 12.2. The summed E-state index contributed by atoms with van der Waals surface area (Å²) >= 11 is 0. The fourth-order valence-corrected chi connectivity index (χ4v) is 2.23. The van der Waals surface area contributed by atoms with Crippen LogP contribution in [0.2, 0.25) is 0 Å². The summed E-state index contributed by atoms with van der Waals surface area (Å²) in [6.45, 7) is 0.661. The van der Waals surface area contributed by atoms with Crippen LogP contribution in [0.3, 0.4) is 0 Å². The Balaban J connectivity index is 1.60. The molecule has 0 atom stereocenters. The molecule has 6 nitrogen and oxygen atoms in total. The van der Waals surface area contributed by atoms with E-state index in [1.165, 1.54) is 6.26 Å². The molecule has 0 aliphatic carbocycles. The van der Waals surface area contributed by atoms with Crippen molar-refractivity contribution in [3.63, 3.8) is 0 Å². The molecule has 25 heavy (non-hydrogen) atoms. The van der Waals surface area contributed by atoms with Gasteiger partial charge in [0.05, 0.1) is 12.8 Å². The first-order valence-electron chi connectivity index (χ1n) is 7.82. The Hall–Kier alpha value is -3.41. The van der Waals surface area contributed by atoms with Gasteiger partial charge >= 0.3 is 0 Å². The minimum atomic E-state index is -0.367. The monoisotopic (exact) mass is 335 g/mol. The molecule has 0 saturated carbocycles. The van der Waals surface area contributed by atoms with E-state index in [0.717, 1.165) is 5.56 Å². The van der Waals surface area contributed by atoms with Gasteiger partial charge in [-0.25, -0.2) is 4.98 Å². The summed E-state index contributed by atoms with van der Waals surface area (Å²) in [5, 5.41) is 5.49. The van der Waals surface area contributed by atoms with Crippen LogP contribution in [-0.2, 0) is 13.1 Å². The van der Waals surface area contributed by atoms with Crippen LogP contribution in [0.25, 0.3) is 0 Å². The van der Waals surface area contributed by atoms with Gasteiger partial charge < -0.3 is 15.1 Å². The van der Waals surface area contributed by atoms with E-state index >= 15 is 0 Å². The predicted octanol–water partition coefficient (Wildman–Crippen LogP) is 2.53. The molecule has 0 unspecified atom stereocenters. The van der Waals surface area contributed by atoms with Crippen LogP contribution in [0.15, 0.2) is 71.3 Å². The fraction of sp³-hybridized carbons (Fsp3) is 0.105. The molecule has 0 aliphatic heterocycles. The lowest BCUT2D eigenvalue weighted by Gasteiger charge is -2.07. The molecule has 1 aromatic carbocycles. The Morgan fingerprint density at radius 2 is 1.48 bits per heavy atom. The second kappa shape index (κ2) is 7.92. The molecule has 0 bridgehead atoms. The van der Waals surface area contributed by atoms with Gasteiger partial charge in [-0.15, -0.1) is 0 Å². The van der Waals surface area contributed by atoms with Crippen molar-refractivity contribution in [3.05, 3.63) is 89.6 Å². The molecule has 3 aromatic rings. The highest BCUT2D eigenvalue weighted by atomic mass is 16.3. The van der Waals surface area contributed by atoms with Crippen molar-refractivity contribution >= 4 is 11.8 Å². The van der Waals surface area contributed by atoms with E-state index in [0.29, 0.717) is 12.3 Å². The highest BCUT2D eigenvalue weighted by molar-refractivity contribution is 5.96. The van der Waals surface area contributed by atoms with Crippen molar-refractivity contribution < 1.29 is 14.0 Å². The minimum Gasteiger partial charge on any atom is -0.467 e. The number of hydrogen-bond acceptors (Lipinski definition) is 4. The average Bonchev–Trinajstić information content (AvgIpc) is 3.18. The van der Waals surface area contributed by atoms with Crippen molar-refractivity contribution in [2.75, 3.05) is 0 Å². The van der Waals surface area contributed by atoms with Crippen molar-refractivity contribution in [3.8, 4) is 0 Å². The Kier molecular flexibility index (Phi) is 5.21. The van der Waals surface area contributed by atoms with Crippen LogP contribution in [0.4, 0.5) is 0 Å². The summed E-state index contributed by atoms with van der Waals surface area (Å²) in [6.07, 6.45) is 1.54. The molecular weight excluding hydrogens is 318 g/mol. The molecule has 3 rings (SSSR count). The third-order valence-corrected chi connectivity index (χ3v) is 3.51. The molecule has 0 fully saturated rings. The van der Waals surface area contributed by atoms with E-state index in [9.17, 15) is 9.59 Å². The number of benzene rings is 1. The Labute approximate surface area is 144 Å². The molecule has 0 saturated heterocycles. The smallest absolute Gasteiger partial charge is 0.270 e. The first kappa shape index (κ1) is 16.4. The van der Waals surface area contributed by atoms with Crippen LogP contribution >= 0.6 is 0 Å². The van der Waals surface area contributed by atoms with E-state index < -0.39 is 0 Å². The van der Waals surface area contributed by atoms with Crippen LogP contribution in [-0.4, -0.2) is 16.8 Å². The van der Waals surface area contributed by atoms with Crippen LogP contribution < -0.4 is 10.6 Å². The highest BCUT2D eigenvalue weighted by Crippen LogP contribution is 2.04. The Morgan fingerprint density at radius 3 is 2.12 bits per heavy atom. The number of pyridine rings is 1. The number of hydrogen-bond donors (Lipinski definition) is 2. The lowest BCUT2D eigenvalue weighted by molar-refractivity contribution is 0.0939. The van der Waals surface area contributed by atoms with E-state index in [2.05, 4.69) is 15.6 Å². The zero-order chi connectivity index (χ0) is 17.5. The maximum atomic E-state index is 12.2. The van der Waals surface area contributed by atoms with Gasteiger partial charge in [0.2, 0.25) is 0 Å².